The molecule has 0 N–H and O–H groups in total. The molecule has 1 aliphatic carbocycles. The summed E-state index contributed by atoms with van der Waals surface area (Å²) in [5, 5.41) is 0. The first-order valence-electron chi connectivity index (χ1n) is 14.2. The normalized spacial score (nSPS) is 15.0. The summed E-state index contributed by atoms with van der Waals surface area (Å²) in [5.74, 6) is 0.511. The van der Waals surface area contributed by atoms with Gasteiger partial charge in [-0.1, -0.05) is 130 Å². The summed E-state index contributed by atoms with van der Waals surface area (Å²) >= 11 is 0. The van der Waals surface area contributed by atoms with Crippen molar-refractivity contribution in [3.8, 4) is 0 Å². The Bertz CT molecular complexity index is 1190. The van der Waals surface area contributed by atoms with Gasteiger partial charge in [0.25, 0.3) is 0 Å². The molecule has 0 spiro atoms. The Kier molecular flexibility index (Phi) is 18.4. The number of benzene rings is 2. The third-order valence-corrected chi connectivity index (χ3v) is 6.16. The number of rotatable bonds is 11. The van der Waals surface area contributed by atoms with Gasteiger partial charge in [0, 0.05) is 37.1 Å². The van der Waals surface area contributed by atoms with Gasteiger partial charge >= 0.3 is 0 Å². The van der Waals surface area contributed by atoms with Crippen LogP contribution in [-0.2, 0) is 0 Å². The number of anilines is 2. The highest BCUT2D eigenvalue weighted by Gasteiger charge is 2.08. The van der Waals surface area contributed by atoms with E-state index in [1.54, 1.807) is 19.2 Å². The van der Waals surface area contributed by atoms with Gasteiger partial charge in [0.05, 0.1) is 0 Å². The lowest BCUT2D eigenvalue weighted by atomic mass is 10.0. The summed E-state index contributed by atoms with van der Waals surface area (Å²) < 4.78 is 0. The van der Waals surface area contributed by atoms with E-state index in [1.165, 1.54) is 22.5 Å². The van der Waals surface area contributed by atoms with Gasteiger partial charge in [0.2, 0.25) is 0 Å². The average Bonchev–Trinajstić information content (AvgIpc) is 3.03. The van der Waals surface area contributed by atoms with Gasteiger partial charge in [-0.2, -0.15) is 0 Å². The standard InChI is InChI=1S/C25H27N.C11H15N.C2H6/c1-3-21(2)23-16-18-25(19-17-23)26(24-14-8-5-9-15-24)20-10-13-22-11-6-4-7-12-22;1-4-6-7-8-9-10-11(5-2)12-3;1-2/h3-11,13-19,22H,12,20H2,1-2H3;4-9H,1-2,10H2,3H3;1-2H3/b13-10+,21-3+;7-6-,9-8-,12-11?;. The fraction of sp³-hybridized carbons (Fsp3) is 0.237. The van der Waals surface area contributed by atoms with Gasteiger partial charge in [-0.25, -0.2) is 0 Å². The summed E-state index contributed by atoms with van der Waals surface area (Å²) in [6.07, 6.45) is 28.7. The number of nitrogens with zero attached hydrogens (tertiary/aromatic N) is 2. The summed E-state index contributed by atoms with van der Waals surface area (Å²) in [5.41, 5.74) is 6.01. The van der Waals surface area contributed by atoms with Crippen LogP contribution in [0.4, 0.5) is 11.4 Å². The first-order valence-corrected chi connectivity index (χ1v) is 14.2. The van der Waals surface area contributed by atoms with Gasteiger partial charge in [-0.15, -0.1) is 0 Å². The molecule has 1 aliphatic rings. The van der Waals surface area contributed by atoms with Crippen LogP contribution in [0.15, 0.2) is 152 Å². The highest BCUT2D eigenvalue weighted by atomic mass is 15.1. The lowest BCUT2D eigenvalue weighted by Crippen LogP contribution is -2.17. The van der Waals surface area contributed by atoms with Crippen molar-refractivity contribution >= 4 is 22.7 Å². The Balaban J connectivity index is 0.000000484. The zero-order valence-electron chi connectivity index (χ0n) is 25.2. The average molecular weight is 533 g/mol. The van der Waals surface area contributed by atoms with E-state index in [9.17, 15) is 0 Å². The van der Waals surface area contributed by atoms with Crippen molar-refractivity contribution < 1.29 is 0 Å². The monoisotopic (exact) mass is 532 g/mol. The Morgan fingerprint density at radius 1 is 0.925 bits per heavy atom. The van der Waals surface area contributed by atoms with Crippen molar-refractivity contribution in [1.82, 2.24) is 0 Å². The van der Waals surface area contributed by atoms with Gasteiger partial charge < -0.3 is 4.90 Å². The van der Waals surface area contributed by atoms with E-state index in [2.05, 4.69) is 134 Å². The van der Waals surface area contributed by atoms with Crippen LogP contribution in [0.2, 0.25) is 0 Å². The molecule has 0 radical (unpaired) electrons. The number of allylic oxidation sites excluding steroid dienone is 13. The van der Waals surface area contributed by atoms with Crippen LogP contribution in [0.5, 0.6) is 0 Å². The minimum Gasteiger partial charge on any atom is -0.338 e. The molecule has 3 rings (SSSR count). The van der Waals surface area contributed by atoms with Crippen LogP contribution in [0.1, 0.15) is 46.1 Å². The van der Waals surface area contributed by atoms with Crippen LogP contribution in [0.3, 0.4) is 0 Å². The highest BCUT2D eigenvalue weighted by Crippen LogP contribution is 2.27. The van der Waals surface area contributed by atoms with Crippen molar-refractivity contribution in [1.29, 1.82) is 0 Å². The first kappa shape index (κ1) is 33.9. The quantitative estimate of drug-likeness (QED) is 0.160. The first-order chi connectivity index (χ1) is 19.6. The molecule has 0 heterocycles. The minimum atomic E-state index is 0.511. The zero-order chi connectivity index (χ0) is 29.4. The van der Waals surface area contributed by atoms with E-state index >= 15 is 0 Å². The molecule has 2 aromatic carbocycles. The molecule has 0 saturated carbocycles. The molecular weight excluding hydrogens is 484 g/mol. The number of hydrogen-bond donors (Lipinski definition) is 0. The van der Waals surface area contributed by atoms with Gasteiger partial charge in [-0.3, -0.25) is 4.99 Å². The Labute approximate surface area is 244 Å². The molecular formula is C38H48N2. The van der Waals surface area contributed by atoms with Crippen molar-refractivity contribution in [2.45, 2.75) is 40.5 Å². The predicted molar refractivity (Wildman–Crippen MR) is 183 cm³/mol. The van der Waals surface area contributed by atoms with Crippen molar-refractivity contribution in [3.05, 3.63) is 152 Å². The van der Waals surface area contributed by atoms with E-state index in [0.717, 1.165) is 25.1 Å². The van der Waals surface area contributed by atoms with Gasteiger partial charge in [0.1, 0.15) is 0 Å². The van der Waals surface area contributed by atoms with E-state index in [0.29, 0.717) is 5.92 Å². The Morgan fingerprint density at radius 3 is 2.20 bits per heavy atom. The van der Waals surface area contributed by atoms with Crippen molar-refractivity contribution in [3.63, 3.8) is 0 Å². The van der Waals surface area contributed by atoms with Crippen LogP contribution < -0.4 is 4.90 Å². The summed E-state index contributed by atoms with van der Waals surface area (Å²) in [6.45, 7) is 16.3. The summed E-state index contributed by atoms with van der Waals surface area (Å²) in [7, 11) is 1.77. The van der Waals surface area contributed by atoms with E-state index < -0.39 is 0 Å². The molecule has 210 valence electrons. The molecule has 40 heavy (non-hydrogen) atoms. The van der Waals surface area contributed by atoms with Gasteiger partial charge in [0.15, 0.2) is 0 Å². The maximum atomic E-state index is 4.03. The zero-order valence-corrected chi connectivity index (χ0v) is 25.2. The fourth-order valence-corrected chi connectivity index (χ4v) is 3.80. The summed E-state index contributed by atoms with van der Waals surface area (Å²) in [4.78, 5) is 6.38. The van der Waals surface area contributed by atoms with Crippen molar-refractivity contribution in [2.75, 3.05) is 18.5 Å². The molecule has 0 amide bonds. The van der Waals surface area contributed by atoms with E-state index in [-0.39, 0.29) is 0 Å². The minimum absolute atomic E-state index is 0.511. The summed E-state index contributed by atoms with van der Waals surface area (Å²) in [6, 6.07) is 19.4. The molecule has 2 aromatic rings. The number of para-hydroxylation sites is 1. The van der Waals surface area contributed by atoms with Crippen LogP contribution >= 0.6 is 0 Å². The second kappa shape index (κ2) is 21.7. The van der Waals surface area contributed by atoms with Crippen LogP contribution in [-0.4, -0.2) is 19.3 Å². The van der Waals surface area contributed by atoms with E-state index in [1.807, 2.05) is 38.2 Å². The smallest absolute Gasteiger partial charge is 0.0414 e. The van der Waals surface area contributed by atoms with E-state index in [4.69, 9.17) is 0 Å². The highest BCUT2D eigenvalue weighted by molar-refractivity contribution is 5.95. The molecule has 0 saturated heterocycles. The fourth-order valence-electron chi connectivity index (χ4n) is 3.80. The molecule has 0 bridgehead atoms. The second-order valence-electron chi connectivity index (χ2n) is 8.78. The molecule has 1 unspecified atom stereocenters. The third-order valence-electron chi connectivity index (χ3n) is 6.16. The lowest BCUT2D eigenvalue weighted by molar-refractivity contribution is 0.818. The molecule has 1 atom stereocenters. The molecule has 0 aliphatic heterocycles. The SMILES string of the molecule is C/C=C(\C)c1ccc(N(C/C=C/C2C=CC=CC2)c2ccccc2)cc1.C=C/C=C\C=C/CC(C=C)=NC.CC. The second-order valence-corrected chi connectivity index (χ2v) is 8.78. The molecule has 0 aromatic heterocycles. The van der Waals surface area contributed by atoms with Gasteiger partial charge in [-0.05, 0) is 67.7 Å². The topological polar surface area (TPSA) is 15.6 Å². The maximum absolute atomic E-state index is 4.03. The van der Waals surface area contributed by atoms with Crippen molar-refractivity contribution in [2.24, 2.45) is 10.9 Å². The molecule has 0 fully saturated rings. The third kappa shape index (κ3) is 13.1. The van der Waals surface area contributed by atoms with Crippen LogP contribution in [0, 0.1) is 5.92 Å². The number of hydrogen-bond acceptors (Lipinski definition) is 2. The Morgan fingerprint density at radius 2 is 1.62 bits per heavy atom. The molecule has 2 nitrogen and oxygen atoms in total. The largest absolute Gasteiger partial charge is 0.338 e. The number of aliphatic imine (C=N–C) groups is 1. The lowest BCUT2D eigenvalue weighted by Gasteiger charge is -2.24. The predicted octanol–water partition coefficient (Wildman–Crippen LogP) is 10.9. The van der Waals surface area contributed by atoms with Crippen LogP contribution in [0.25, 0.3) is 5.57 Å². The Hall–Kier alpha value is -4.17. The maximum Gasteiger partial charge on any atom is 0.0414 e. The molecule has 2 heteroatoms.